The van der Waals surface area contributed by atoms with Crippen LogP contribution in [0.3, 0.4) is 0 Å². The Labute approximate surface area is 159 Å². The van der Waals surface area contributed by atoms with E-state index in [2.05, 4.69) is 20.2 Å². The molecule has 0 bridgehead atoms. The van der Waals surface area contributed by atoms with Crippen molar-refractivity contribution in [1.82, 2.24) is 25.1 Å². The Morgan fingerprint density at radius 1 is 1.22 bits per heavy atom. The number of nitrogens with zero attached hydrogens (tertiary/aromatic N) is 3. The molecule has 3 heterocycles. The van der Waals surface area contributed by atoms with Gasteiger partial charge in [0.05, 0.1) is 6.10 Å². The van der Waals surface area contributed by atoms with E-state index >= 15 is 0 Å². The first kappa shape index (κ1) is 18.4. The number of piperidine rings is 1. The molecule has 1 unspecified atom stereocenters. The highest BCUT2D eigenvalue weighted by atomic mass is 16.5. The number of H-pyrrole nitrogens is 1. The number of nitrogens with one attached hydrogen (secondary N) is 2. The summed E-state index contributed by atoms with van der Waals surface area (Å²) in [5.74, 6) is 1.61. The lowest BCUT2D eigenvalue weighted by Gasteiger charge is -2.38. The van der Waals surface area contributed by atoms with Crippen LogP contribution in [0, 0.1) is 11.8 Å². The number of aromatic amines is 1. The third-order valence-electron chi connectivity index (χ3n) is 5.82. The van der Waals surface area contributed by atoms with E-state index in [0.29, 0.717) is 19.0 Å². The maximum atomic E-state index is 12.2. The molecular weight excluding hydrogens is 346 g/mol. The molecule has 1 aromatic heterocycles. The zero-order valence-corrected chi connectivity index (χ0v) is 15.7. The lowest BCUT2D eigenvalue weighted by atomic mass is 9.95. The number of ether oxygens (including phenoxy) is 1. The number of hydrogen-bond acceptors (Lipinski definition) is 5. The van der Waals surface area contributed by atoms with E-state index in [1.54, 1.807) is 12.4 Å². The van der Waals surface area contributed by atoms with E-state index in [0.717, 1.165) is 38.4 Å². The van der Waals surface area contributed by atoms with Crippen LogP contribution in [0.1, 0.15) is 36.3 Å². The molecule has 8 nitrogen and oxygen atoms in total. The summed E-state index contributed by atoms with van der Waals surface area (Å²) < 4.78 is 5.60. The third kappa shape index (κ3) is 5.07. The van der Waals surface area contributed by atoms with Crippen molar-refractivity contribution in [3.8, 4) is 0 Å². The van der Waals surface area contributed by atoms with Crippen LogP contribution < -0.4 is 5.32 Å². The van der Waals surface area contributed by atoms with Crippen molar-refractivity contribution in [3.05, 3.63) is 18.2 Å². The van der Waals surface area contributed by atoms with Gasteiger partial charge in [0, 0.05) is 38.6 Å². The van der Waals surface area contributed by atoms with Gasteiger partial charge in [0.25, 0.3) is 5.91 Å². The van der Waals surface area contributed by atoms with Crippen LogP contribution in [-0.4, -0.2) is 83.6 Å². The van der Waals surface area contributed by atoms with Crippen molar-refractivity contribution in [2.75, 3.05) is 45.9 Å². The van der Waals surface area contributed by atoms with Gasteiger partial charge in [0.2, 0.25) is 5.91 Å². The third-order valence-corrected chi connectivity index (χ3v) is 5.82. The van der Waals surface area contributed by atoms with E-state index < -0.39 is 0 Å². The Morgan fingerprint density at radius 3 is 2.70 bits per heavy atom. The van der Waals surface area contributed by atoms with E-state index in [4.69, 9.17) is 4.74 Å². The molecule has 27 heavy (non-hydrogen) atoms. The van der Waals surface area contributed by atoms with Gasteiger partial charge in [0.15, 0.2) is 5.82 Å². The first-order chi connectivity index (χ1) is 13.2. The minimum absolute atomic E-state index is 0.0593. The van der Waals surface area contributed by atoms with Gasteiger partial charge >= 0.3 is 0 Å². The summed E-state index contributed by atoms with van der Waals surface area (Å²) in [6.07, 6.45) is 8.12. The van der Waals surface area contributed by atoms with Crippen molar-refractivity contribution in [2.45, 2.75) is 31.8 Å². The quantitative estimate of drug-likeness (QED) is 0.724. The molecule has 3 aliphatic rings. The van der Waals surface area contributed by atoms with Crippen molar-refractivity contribution in [3.63, 3.8) is 0 Å². The number of aromatic nitrogens is 2. The topological polar surface area (TPSA) is 90.6 Å². The molecule has 0 aromatic carbocycles. The van der Waals surface area contributed by atoms with Crippen LogP contribution in [0.25, 0.3) is 0 Å². The van der Waals surface area contributed by atoms with Crippen LogP contribution in [0.5, 0.6) is 0 Å². The standard InChI is InChI=1S/C19H29N5O3/c25-17-13-27-16(9-22-19(26)18-20-5-6-21-18)12-24(17)11-15-3-7-23(8-4-15)10-14-1-2-14/h5-6,14-16H,1-4,7-13H2,(H,20,21)(H,22,26). The maximum Gasteiger partial charge on any atom is 0.287 e. The predicted molar refractivity (Wildman–Crippen MR) is 99.1 cm³/mol. The van der Waals surface area contributed by atoms with Crippen molar-refractivity contribution in [1.29, 1.82) is 0 Å². The molecule has 148 valence electrons. The summed E-state index contributed by atoms with van der Waals surface area (Å²) >= 11 is 0. The minimum atomic E-state index is -0.255. The van der Waals surface area contributed by atoms with Crippen molar-refractivity contribution in [2.24, 2.45) is 11.8 Å². The minimum Gasteiger partial charge on any atom is -0.365 e. The number of carbonyl (C=O) groups excluding carboxylic acids is 2. The molecule has 4 rings (SSSR count). The Balaban J connectivity index is 1.20. The average molecular weight is 375 g/mol. The molecule has 2 saturated heterocycles. The van der Waals surface area contributed by atoms with Crippen LogP contribution in [0.15, 0.2) is 12.4 Å². The van der Waals surface area contributed by atoms with Crippen molar-refractivity contribution >= 4 is 11.8 Å². The van der Waals surface area contributed by atoms with E-state index in [9.17, 15) is 9.59 Å². The highest BCUT2D eigenvalue weighted by molar-refractivity contribution is 5.90. The fraction of sp³-hybridized carbons (Fsp3) is 0.737. The summed E-state index contributed by atoms with van der Waals surface area (Å²) in [6, 6.07) is 0. The number of carbonyl (C=O) groups is 2. The molecule has 0 radical (unpaired) electrons. The molecule has 8 heteroatoms. The lowest BCUT2D eigenvalue weighted by Crippen LogP contribution is -2.52. The largest absolute Gasteiger partial charge is 0.365 e. The molecular formula is C19H29N5O3. The first-order valence-corrected chi connectivity index (χ1v) is 10.1. The Kier molecular flexibility index (Phi) is 5.73. The molecule has 2 N–H and O–H groups in total. The second-order valence-electron chi connectivity index (χ2n) is 8.07. The molecule has 1 atom stereocenters. The molecule has 1 aromatic rings. The maximum absolute atomic E-state index is 12.2. The highest BCUT2D eigenvalue weighted by Crippen LogP contribution is 2.31. The van der Waals surface area contributed by atoms with Crippen molar-refractivity contribution < 1.29 is 14.3 Å². The Bertz CT molecular complexity index is 638. The SMILES string of the molecule is O=C(NCC1CN(CC2CCN(CC3CC3)CC2)C(=O)CO1)c1ncc[nH]1. The molecule has 2 amide bonds. The van der Waals surface area contributed by atoms with Crippen LogP contribution in [-0.2, 0) is 9.53 Å². The van der Waals surface area contributed by atoms with Gasteiger partial charge in [-0.05, 0) is 50.6 Å². The predicted octanol–water partition coefficient (Wildman–Crippen LogP) is 0.489. The van der Waals surface area contributed by atoms with E-state index in [1.807, 2.05) is 4.90 Å². The van der Waals surface area contributed by atoms with E-state index in [1.165, 1.54) is 19.4 Å². The highest BCUT2D eigenvalue weighted by Gasteiger charge is 2.31. The Hall–Kier alpha value is -1.93. The molecule has 3 fully saturated rings. The average Bonchev–Trinajstić information content (AvgIpc) is 3.31. The van der Waals surface area contributed by atoms with Gasteiger partial charge in [-0.3, -0.25) is 9.59 Å². The fourth-order valence-corrected chi connectivity index (χ4v) is 3.99. The smallest absolute Gasteiger partial charge is 0.287 e. The second kappa shape index (κ2) is 8.39. The lowest BCUT2D eigenvalue weighted by molar-refractivity contribution is -0.149. The second-order valence-corrected chi connectivity index (χ2v) is 8.07. The number of likely N-dealkylation sites (tertiary alicyclic amines) is 1. The summed E-state index contributed by atoms with van der Waals surface area (Å²) in [4.78, 5) is 35.4. The van der Waals surface area contributed by atoms with Gasteiger partial charge in [0.1, 0.15) is 6.61 Å². The monoisotopic (exact) mass is 375 g/mol. The van der Waals surface area contributed by atoms with Gasteiger partial charge in [-0.1, -0.05) is 0 Å². The fourth-order valence-electron chi connectivity index (χ4n) is 3.99. The van der Waals surface area contributed by atoms with Gasteiger partial charge in [-0.25, -0.2) is 4.98 Å². The normalized spacial score (nSPS) is 25.0. The van der Waals surface area contributed by atoms with Gasteiger partial charge in [-0.15, -0.1) is 0 Å². The summed E-state index contributed by atoms with van der Waals surface area (Å²) in [5, 5.41) is 2.82. The first-order valence-electron chi connectivity index (χ1n) is 10.1. The van der Waals surface area contributed by atoms with Crippen LogP contribution in [0.2, 0.25) is 0 Å². The number of hydrogen-bond donors (Lipinski definition) is 2. The van der Waals surface area contributed by atoms with Crippen LogP contribution in [0.4, 0.5) is 0 Å². The number of imidazole rings is 1. The van der Waals surface area contributed by atoms with Gasteiger partial charge in [-0.2, -0.15) is 0 Å². The summed E-state index contributed by atoms with van der Waals surface area (Å²) in [6.45, 7) is 5.40. The summed E-state index contributed by atoms with van der Waals surface area (Å²) in [7, 11) is 0. The number of morpholine rings is 1. The number of rotatable bonds is 7. The zero-order valence-electron chi connectivity index (χ0n) is 15.7. The van der Waals surface area contributed by atoms with Crippen LogP contribution >= 0.6 is 0 Å². The number of amides is 2. The summed E-state index contributed by atoms with van der Waals surface area (Å²) in [5.41, 5.74) is 0. The van der Waals surface area contributed by atoms with E-state index in [-0.39, 0.29) is 30.3 Å². The molecule has 1 aliphatic carbocycles. The zero-order chi connectivity index (χ0) is 18.6. The Morgan fingerprint density at radius 2 is 2.00 bits per heavy atom. The molecule has 2 aliphatic heterocycles. The molecule has 1 saturated carbocycles. The van der Waals surface area contributed by atoms with Gasteiger partial charge < -0.3 is 24.8 Å². The molecule has 0 spiro atoms.